The molecule has 1 fully saturated rings. The lowest BCUT2D eigenvalue weighted by molar-refractivity contribution is 0.00578. The maximum atomic E-state index is 5.97. The summed E-state index contributed by atoms with van der Waals surface area (Å²) in [7, 11) is -0.279. The van der Waals surface area contributed by atoms with Gasteiger partial charge in [-0.05, 0) is 50.1 Å². The second-order valence-corrected chi connectivity index (χ2v) is 7.08. The van der Waals surface area contributed by atoms with Gasteiger partial charge in [-0.2, -0.15) is 0 Å². The van der Waals surface area contributed by atoms with E-state index in [4.69, 9.17) is 9.31 Å². The first-order valence-corrected chi connectivity index (χ1v) is 7.77. The van der Waals surface area contributed by atoms with E-state index in [9.17, 15) is 0 Å². The van der Waals surface area contributed by atoms with E-state index in [0.717, 1.165) is 0 Å². The third-order valence-corrected chi connectivity index (χ3v) is 5.20. The van der Waals surface area contributed by atoms with Gasteiger partial charge in [0, 0.05) is 4.70 Å². The highest BCUT2D eigenvalue weighted by Gasteiger charge is 2.49. The Labute approximate surface area is 124 Å². The minimum absolute atomic E-state index is 0.279. The van der Waals surface area contributed by atoms with Crippen LogP contribution in [0.3, 0.4) is 0 Å². The minimum atomic E-state index is -0.279. The second kappa shape index (κ2) is 4.73. The third-order valence-electron chi connectivity index (χ3n) is 4.22. The van der Waals surface area contributed by atoms with Crippen molar-refractivity contribution in [3.8, 4) is 0 Å². The van der Waals surface area contributed by atoms with Gasteiger partial charge >= 0.3 is 7.12 Å². The summed E-state index contributed by atoms with van der Waals surface area (Å²) in [6.07, 6.45) is 2.10. The van der Waals surface area contributed by atoms with E-state index in [2.05, 4.69) is 63.4 Å². The summed E-state index contributed by atoms with van der Waals surface area (Å²) in [5, 5.41) is 3.46. The molecule has 104 valence electrons. The molecule has 2 heterocycles. The van der Waals surface area contributed by atoms with E-state index in [-0.39, 0.29) is 18.3 Å². The predicted octanol–water partition coefficient (Wildman–Crippen LogP) is 4.55. The molecule has 2 aromatic rings. The lowest BCUT2D eigenvalue weighted by Gasteiger charge is -2.32. The van der Waals surface area contributed by atoms with Crippen LogP contribution in [0.15, 0.2) is 35.6 Å². The zero-order valence-corrected chi connectivity index (χ0v) is 13.2. The summed E-state index contributed by atoms with van der Waals surface area (Å²) < 4.78 is 13.2. The fourth-order valence-electron chi connectivity index (χ4n) is 2.28. The van der Waals surface area contributed by atoms with Gasteiger partial charge in [0.2, 0.25) is 0 Å². The Morgan fingerprint density at radius 3 is 2.40 bits per heavy atom. The lowest BCUT2D eigenvalue weighted by Crippen LogP contribution is -2.41. The van der Waals surface area contributed by atoms with Crippen molar-refractivity contribution in [2.45, 2.75) is 38.9 Å². The number of thiophene rings is 1. The minimum Gasteiger partial charge on any atom is -0.400 e. The first-order chi connectivity index (χ1) is 9.39. The van der Waals surface area contributed by atoms with Gasteiger partial charge in [-0.15, -0.1) is 11.3 Å². The molecule has 1 aromatic heterocycles. The van der Waals surface area contributed by atoms with Crippen LogP contribution in [0.4, 0.5) is 0 Å². The molecular formula is C16H19BO2S. The zero-order chi connectivity index (χ0) is 14.4. The van der Waals surface area contributed by atoms with Crippen molar-refractivity contribution in [1.29, 1.82) is 0 Å². The average Bonchev–Trinajstić information content (AvgIpc) is 2.86. The summed E-state index contributed by atoms with van der Waals surface area (Å²) in [6.45, 7) is 8.28. The summed E-state index contributed by atoms with van der Waals surface area (Å²) in [5.74, 6) is 2.00. The number of rotatable bonds is 2. The second-order valence-electron chi connectivity index (χ2n) is 6.17. The van der Waals surface area contributed by atoms with Crippen LogP contribution in [0.2, 0.25) is 0 Å². The largest absolute Gasteiger partial charge is 0.487 e. The molecule has 2 nitrogen and oxygen atoms in total. The van der Waals surface area contributed by atoms with Crippen LogP contribution >= 0.6 is 11.3 Å². The number of hydrogen-bond donors (Lipinski definition) is 0. The van der Waals surface area contributed by atoms with Crippen LogP contribution in [0, 0.1) is 0 Å². The predicted molar refractivity (Wildman–Crippen MR) is 86.9 cm³/mol. The number of fused-ring (bicyclic) bond motifs is 1. The van der Waals surface area contributed by atoms with Gasteiger partial charge < -0.3 is 9.31 Å². The van der Waals surface area contributed by atoms with Crippen molar-refractivity contribution in [2.24, 2.45) is 0 Å². The summed E-state index contributed by atoms with van der Waals surface area (Å²) in [4.78, 5) is 0. The SMILES string of the molecule is CC1(C)OB(/C=C/c2csc3ccccc23)OC1(C)C. The molecule has 0 unspecified atom stereocenters. The quantitative estimate of drug-likeness (QED) is 0.754. The van der Waals surface area contributed by atoms with Crippen LogP contribution in [0.1, 0.15) is 33.3 Å². The summed E-state index contributed by atoms with van der Waals surface area (Å²) in [6, 6.07) is 8.43. The van der Waals surface area contributed by atoms with Crippen LogP contribution < -0.4 is 0 Å². The molecule has 0 N–H and O–H groups in total. The van der Waals surface area contributed by atoms with Crippen LogP contribution in [-0.2, 0) is 9.31 Å². The molecule has 1 aliphatic heterocycles. The first-order valence-electron chi connectivity index (χ1n) is 6.89. The zero-order valence-electron chi connectivity index (χ0n) is 12.3. The monoisotopic (exact) mass is 286 g/mol. The molecule has 0 amide bonds. The van der Waals surface area contributed by atoms with Crippen molar-refractivity contribution in [3.63, 3.8) is 0 Å². The Kier molecular flexibility index (Phi) is 3.28. The third kappa shape index (κ3) is 2.32. The smallest absolute Gasteiger partial charge is 0.400 e. The molecule has 0 spiro atoms. The molecule has 1 aromatic carbocycles. The Bertz CT molecular complexity index is 641. The number of hydrogen-bond acceptors (Lipinski definition) is 3. The molecule has 0 bridgehead atoms. The van der Waals surface area contributed by atoms with Crippen LogP contribution in [-0.4, -0.2) is 18.3 Å². The van der Waals surface area contributed by atoms with Gasteiger partial charge in [0.15, 0.2) is 0 Å². The molecule has 0 aliphatic carbocycles. The highest BCUT2D eigenvalue weighted by Crippen LogP contribution is 2.37. The van der Waals surface area contributed by atoms with E-state index in [1.54, 1.807) is 11.3 Å². The topological polar surface area (TPSA) is 18.5 Å². The van der Waals surface area contributed by atoms with Crippen molar-refractivity contribution in [1.82, 2.24) is 0 Å². The highest BCUT2D eigenvalue weighted by molar-refractivity contribution is 7.17. The average molecular weight is 286 g/mol. The Morgan fingerprint density at radius 1 is 1.05 bits per heavy atom. The van der Waals surface area contributed by atoms with Gasteiger partial charge in [-0.25, -0.2) is 0 Å². The Morgan fingerprint density at radius 2 is 1.70 bits per heavy atom. The van der Waals surface area contributed by atoms with E-state index in [1.165, 1.54) is 15.6 Å². The van der Waals surface area contributed by atoms with Crippen LogP contribution in [0.5, 0.6) is 0 Å². The van der Waals surface area contributed by atoms with Crippen molar-refractivity contribution in [2.75, 3.05) is 0 Å². The van der Waals surface area contributed by atoms with Gasteiger partial charge in [-0.1, -0.05) is 30.3 Å². The van der Waals surface area contributed by atoms with Crippen LogP contribution in [0.25, 0.3) is 16.2 Å². The lowest BCUT2D eigenvalue weighted by atomic mass is 9.89. The Balaban J connectivity index is 1.82. The maximum absolute atomic E-state index is 5.97. The normalized spacial score (nSPS) is 21.1. The molecule has 1 saturated heterocycles. The summed E-state index contributed by atoms with van der Waals surface area (Å²) >= 11 is 1.76. The van der Waals surface area contributed by atoms with E-state index < -0.39 is 0 Å². The van der Waals surface area contributed by atoms with Crippen molar-refractivity contribution < 1.29 is 9.31 Å². The fourth-order valence-corrected chi connectivity index (χ4v) is 3.21. The molecule has 3 rings (SSSR count). The molecule has 0 atom stereocenters. The molecule has 0 radical (unpaired) electrons. The van der Waals surface area contributed by atoms with E-state index >= 15 is 0 Å². The van der Waals surface area contributed by atoms with E-state index in [0.29, 0.717) is 0 Å². The van der Waals surface area contributed by atoms with Gasteiger partial charge in [0.05, 0.1) is 11.2 Å². The molecular weight excluding hydrogens is 267 g/mol. The first kappa shape index (κ1) is 13.9. The highest BCUT2D eigenvalue weighted by atomic mass is 32.1. The molecule has 20 heavy (non-hydrogen) atoms. The van der Waals surface area contributed by atoms with E-state index in [1.807, 2.05) is 5.98 Å². The molecule has 1 aliphatic rings. The Hall–Kier alpha value is -1.10. The van der Waals surface area contributed by atoms with Gasteiger partial charge in [-0.3, -0.25) is 0 Å². The molecule has 0 saturated carbocycles. The van der Waals surface area contributed by atoms with Gasteiger partial charge in [0.25, 0.3) is 0 Å². The number of benzene rings is 1. The van der Waals surface area contributed by atoms with Crippen molar-refractivity contribution >= 4 is 34.6 Å². The molecule has 4 heteroatoms. The summed E-state index contributed by atoms with van der Waals surface area (Å²) in [5.41, 5.74) is 0.664. The standard InChI is InChI=1S/C16H19BO2S/c1-15(2)16(3,4)19-17(18-15)10-9-12-11-20-14-8-6-5-7-13(12)14/h5-11H,1-4H3/b10-9+. The fraction of sp³-hybridized carbons (Fsp3) is 0.375. The van der Waals surface area contributed by atoms with Gasteiger partial charge in [0.1, 0.15) is 0 Å². The van der Waals surface area contributed by atoms with Crippen molar-refractivity contribution in [3.05, 3.63) is 41.2 Å². The maximum Gasteiger partial charge on any atom is 0.487 e.